The topological polar surface area (TPSA) is 47.3 Å². The van der Waals surface area contributed by atoms with Gasteiger partial charge >= 0.3 is 6.18 Å². The molecule has 0 saturated heterocycles. The number of benzene rings is 2. The Bertz CT molecular complexity index is 962. The molecule has 2 aromatic carbocycles. The number of fused-ring (bicyclic) bond motifs is 1. The van der Waals surface area contributed by atoms with Crippen molar-refractivity contribution in [3.05, 3.63) is 58.9 Å². The predicted octanol–water partition coefficient (Wildman–Crippen LogP) is 4.63. The fraction of sp³-hybridized carbons (Fsp3) is 0.350. The molecule has 1 heterocycles. The number of aromatic nitrogens is 2. The molecule has 144 valence electrons. The Hall–Kier alpha value is -2.54. The molecule has 27 heavy (non-hydrogen) atoms. The van der Waals surface area contributed by atoms with E-state index in [-0.39, 0.29) is 18.7 Å². The van der Waals surface area contributed by atoms with Crippen LogP contribution in [0.5, 0.6) is 5.75 Å². The van der Waals surface area contributed by atoms with Gasteiger partial charge in [0.25, 0.3) is 0 Å². The van der Waals surface area contributed by atoms with Crippen LogP contribution in [-0.4, -0.2) is 20.8 Å². The number of nitrogens with zero attached hydrogens (tertiary/aromatic N) is 2. The Morgan fingerprint density at radius 3 is 2.52 bits per heavy atom. The van der Waals surface area contributed by atoms with Gasteiger partial charge in [0.1, 0.15) is 18.2 Å². The van der Waals surface area contributed by atoms with Gasteiger partial charge in [-0.25, -0.2) is 4.98 Å². The molecule has 1 N–H and O–H groups in total. The van der Waals surface area contributed by atoms with Crippen molar-refractivity contribution in [3.63, 3.8) is 0 Å². The summed E-state index contributed by atoms with van der Waals surface area (Å²) >= 11 is 0. The second-order valence-corrected chi connectivity index (χ2v) is 6.75. The quantitative estimate of drug-likeness (QED) is 0.704. The number of halogens is 3. The minimum atomic E-state index is -4.43. The molecular formula is C20H21F3N2O2. The molecule has 0 aliphatic heterocycles. The van der Waals surface area contributed by atoms with Crippen molar-refractivity contribution in [1.29, 1.82) is 0 Å². The van der Waals surface area contributed by atoms with Gasteiger partial charge in [-0.1, -0.05) is 17.7 Å². The number of alkyl halides is 3. The van der Waals surface area contributed by atoms with E-state index in [1.165, 1.54) is 6.07 Å². The van der Waals surface area contributed by atoms with Crippen LogP contribution in [0.15, 0.2) is 36.4 Å². The SMILES string of the molecule is Cc1ccc(OCc2nc3cc(C(F)(F)F)ccc3n2CC(C)O)c(C)c1. The van der Waals surface area contributed by atoms with Crippen molar-refractivity contribution in [3.8, 4) is 5.75 Å². The Morgan fingerprint density at radius 1 is 1.15 bits per heavy atom. The van der Waals surface area contributed by atoms with Crippen molar-refractivity contribution >= 4 is 11.0 Å². The molecule has 4 nitrogen and oxygen atoms in total. The minimum absolute atomic E-state index is 0.0899. The maximum atomic E-state index is 13.0. The Balaban J connectivity index is 1.97. The molecule has 0 amide bonds. The van der Waals surface area contributed by atoms with Crippen LogP contribution in [0.4, 0.5) is 13.2 Å². The summed E-state index contributed by atoms with van der Waals surface area (Å²) in [4.78, 5) is 4.33. The van der Waals surface area contributed by atoms with Crippen LogP contribution in [0, 0.1) is 13.8 Å². The summed E-state index contributed by atoms with van der Waals surface area (Å²) in [7, 11) is 0. The lowest BCUT2D eigenvalue weighted by Crippen LogP contribution is -2.15. The van der Waals surface area contributed by atoms with E-state index in [0.29, 0.717) is 17.1 Å². The highest BCUT2D eigenvalue weighted by molar-refractivity contribution is 5.77. The second kappa shape index (κ2) is 7.23. The fourth-order valence-electron chi connectivity index (χ4n) is 3.04. The minimum Gasteiger partial charge on any atom is -0.485 e. The number of aliphatic hydroxyl groups excluding tert-OH is 1. The van der Waals surface area contributed by atoms with Crippen LogP contribution in [-0.2, 0) is 19.3 Å². The average molecular weight is 378 g/mol. The van der Waals surface area contributed by atoms with Crippen molar-refractivity contribution in [1.82, 2.24) is 9.55 Å². The lowest BCUT2D eigenvalue weighted by Gasteiger charge is -2.13. The largest absolute Gasteiger partial charge is 0.485 e. The third kappa shape index (κ3) is 4.24. The third-order valence-electron chi connectivity index (χ3n) is 4.29. The van der Waals surface area contributed by atoms with E-state index < -0.39 is 17.8 Å². The van der Waals surface area contributed by atoms with Gasteiger partial charge in [-0.3, -0.25) is 0 Å². The Labute approximate surface area is 155 Å². The lowest BCUT2D eigenvalue weighted by molar-refractivity contribution is -0.137. The molecule has 0 spiro atoms. The maximum absolute atomic E-state index is 13.0. The van der Waals surface area contributed by atoms with E-state index in [1.807, 2.05) is 32.0 Å². The zero-order valence-corrected chi connectivity index (χ0v) is 15.3. The molecule has 1 aromatic heterocycles. The summed E-state index contributed by atoms with van der Waals surface area (Å²) in [5.41, 5.74) is 2.08. The van der Waals surface area contributed by atoms with Crippen LogP contribution >= 0.6 is 0 Å². The zero-order chi connectivity index (χ0) is 19.8. The van der Waals surface area contributed by atoms with E-state index in [2.05, 4.69) is 4.98 Å². The van der Waals surface area contributed by atoms with Gasteiger partial charge in [0.15, 0.2) is 0 Å². The van der Waals surface area contributed by atoms with E-state index >= 15 is 0 Å². The normalized spacial score (nSPS) is 13.1. The molecule has 7 heteroatoms. The van der Waals surface area contributed by atoms with E-state index in [4.69, 9.17) is 4.74 Å². The predicted molar refractivity (Wildman–Crippen MR) is 96.7 cm³/mol. The van der Waals surface area contributed by atoms with Crippen molar-refractivity contribution < 1.29 is 23.0 Å². The molecule has 0 bridgehead atoms. The standard InChI is InChI=1S/C20H21F3N2O2/c1-12-4-7-18(13(2)8-12)27-11-19-24-16-9-15(20(21,22)23)5-6-17(16)25(19)10-14(3)26/h4-9,14,26H,10-11H2,1-3H3. The van der Waals surface area contributed by atoms with Crippen molar-refractivity contribution in [2.75, 3.05) is 0 Å². The first-order chi connectivity index (χ1) is 12.6. The van der Waals surface area contributed by atoms with Gasteiger partial charge in [0.2, 0.25) is 0 Å². The number of rotatable bonds is 5. The Morgan fingerprint density at radius 2 is 1.89 bits per heavy atom. The van der Waals surface area contributed by atoms with Crippen molar-refractivity contribution in [2.24, 2.45) is 0 Å². The smallest absolute Gasteiger partial charge is 0.416 e. The summed E-state index contributed by atoms with van der Waals surface area (Å²) in [6.45, 7) is 5.83. The summed E-state index contributed by atoms with van der Waals surface area (Å²) in [5, 5.41) is 9.78. The van der Waals surface area contributed by atoms with Gasteiger partial charge in [-0.05, 0) is 50.6 Å². The zero-order valence-electron chi connectivity index (χ0n) is 15.3. The number of hydrogen-bond donors (Lipinski definition) is 1. The molecule has 3 rings (SSSR count). The molecule has 1 unspecified atom stereocenters. The molecule has 1 atom stereocenters. The van der Waals surface area contributed by atoms with Crippen LogP contribution < -0.4 is 4.74 Å². The van der Waals surface area contributed by atoms with Gasteiger partial charge < -0.3 is 14.4 Å². The van der Waals surface area contributed by atoms with Crippen LogP contribution in [0.3, 0.4) is 0 Å². The lowest BCUT2D eigenvalue weighted by atomic mass is 10.1. The van der Waals surface area contributed by atoms with Crippen LogP contribution in [0.25, 0.3) is 11.0 Å². The van der Waals surface area contributed by atoms with Crippen molar-refractivity contribution in [2.45, 2.75) is 46.2 Å². The first kappa shape index (κ1) is 19.2. The van der Waals surface area contributed by atoms with Gasteiger partial charge in [-0.15, -0.1) is 0 Å². The highest BCUT2D eigenvalue weighted by Gasteiger charge is 2.31. The number of aliphatic hydroxyl groups is 1. The molecular weight excluding hydrogens is 357 g/mol. The second-order valence-electron chi connectivity index (χ2n) is 6.75. The summed E-state index contributed by atoms with van der Waals surface area (Å²) in [6, 6.07) is 9.20. The third-order valence-corrected chi connectivity index (χ3v) is 4.29. The Kier molecular flexibility index (Phi) is 5.15. The average Bonchev–Trinajstić information content (AvgIpc) is 2.89. The van der Waals surface area contributed by atoms with Crippen LogP contribution in [0.2, 0.25) is 0 Å². The monoisotopic (exact) mass is 378 g/mol. The number of aryl methyl sites for hydroxylation is 2. The highest BCUT2D eigenvalue weighted by Crippen LogP contribution is 2.32. The maximum Gasteiger partial charge on any atom is 0.416 e. The van der Waals surface area contributed by atoms with E-state index in [0.717, 1.165) is 23.3 Å². The molecule has 0 aliphatic carbocycles. The summed E-state index contributed by atoms with van der Waals surface area (Å²) < 4.78 is 46.5. The molecule has 3 aromatic rings. The first-order valence-electron chi connectivity index (χ1n) is 8.59. The van der Waals surface area contributed by atoms with E-state index in [9.17, 15) is 18.3 Å². The number of hydrogen-bond acceptors (Lipinski definition) is 3. The van der Waals surface area contributed by atoms with Crippen LogP contribution in [0.1, 0.15) is 29.4 Å². The molecule has 0 radical (unpaired) electrons. The summed E-state index contributed by atoms with van der Waals surface area (Å²) in [5.74, 6) is 1.15. The fourth-order valence-corrected chi connectivity index (χ4v) is 3.04. The van der Waals surface area contributed by atoms with Gasteiger partial charge in [-0.2, -0.15) is 13.2 Å². The summed E-state index contributed by atoms with van der Waals surface area (Å²) in [6.07, 6.45) is -5.11. The molecule has 0 saturated carbocycles. The molecule has 0 aliphatic rings. The number of imidazole rings is 1. The number of ether oxygens (including phenoxy) is 1. The van der Waals surface area contributed by atoms with E-state index in [1.54, 1.807) is 11.5 Å². The first-order valence-corrected chi connectivity index (χ1v) is 8.59. The highest BCUT2D eigenvalue weighted by atomic mass is 19.4. The van der Waals surface area contributed by atoms with Gasteiger partial charge in [0, 0.05) is 0 Å². The van der Waals surface area contributed by atoms with Gasteiger partial charge in [0.05, 0.1) is 29.2 Å². The molecule has 0 fully saturated rings.